The van der Waals surface area contributed by atoms with Crippen LogP contribution in [0.3, 0.4) is 0 Å². The third-order valence-electron chi connectivity index (χ3n) is 2.42. The average molecular weight is 218 g/mol. The number of aromatic hydroxyl groups is 1. The van der Waals surface area contributed by atoms with Crippen molar-refractivity contribution < 1.29 is 9.90 Å². The molecule has 1 atom stereocenters. The average Bonchev–Trinajstić information content (AvgIpc) is 2.16. The number of para-hydroxylation sites is 1. The van der Waals surface area contributed by atoms with Gasteiger partial charge in [-0.15, -0.1) is 0 Å². The molecule has 0 aliphatic rings. The summed E-state index contributed by atoms with van der Waals surface area (Å²) in [6, 6.07) is 7.16. The second-order valence-electron chi connectivity index (χ2n) is 4.35. The molecule has 86 valence electrons. The molecule has 0 unspecified atom stereocenters. The summed E-state index contributed by atoms with van der Waals surface area (Å²) in [6.45, 7) is 5.76. The number of rotatable bonds is 4. The Labute approximate surface area is 96.6 Å². The molecule has 2 heteroatoms. The molecule has 0 heterocycles. The van der Waals surface area contributed by atoms with Crippen LogP contribution in [0.15, 0.2) is 35.9 Å². The largest absolute Gasteiger partial charge is 0.508 e. The van der Waals surface area contributed by atoms with E-state index in [2.05, 4.69) is 0 Å². The molecule has 16 heavy (non-hydrogen) atoms. The summed E-state index contributed by atoms with van der Waals surface area (Å²) in [7, 11) is 0. The summed E-state index contributed by atoms with van der Waals surface area (Å²) in [5.74, 6) is 0.417. The van der Waals surface area contributed by atoms with Gasteiger partial charge in [0.2, 0.25) is 0 Å². The van der Waals surface area contributed by atoms with E-state index >= 15 is 0 Å². The fraction of sp³-hybridized carbons (Fsp3) is 0.357. The molecule has 0 radical (unpaired) electrons. The highest BCUT2D eigenvalue weighted by molar-refractivity contribution is 5.90. The molecular weight excluding hydrogens is 200 g/mol. The predicted molar refractivity (Wildman–Crippen MR) is 65.6 cm³/mol. The van der Waals surface area contributed by atoms with Crippen molar-refractivity contribution in [3.8, 4) is 5.75 Å². The van der Waals surface area contributed by atoms with Crippen LogP contribution in [0.1, 0.15) is 38.7 Å². The van der Waals surface area contributed by atoms with Gasteiger partial charge in [-0.25, -0.2) is 0 Å². The van der Waals surface area contributed by atoms with Gasteiger partial charge in [0.05, 0.1) is 0 Å². The molecule has 0 aliphatic carbocycles. The number of phenols is 1. The summed E-state index contributed by atoms with van der Waals surface area (Å²) in [5.41, 5.74) is 1.84. The quantitative estimate of drug-likeness (QED) is 0.786. The Kier molecular flexibility index (Phi) is 4.29. The van der Waals surface area contributed by atoms with Crippen LogP contribution < -0.4 is 0 Å². The van der Waals surface area contributed by atoms with Gasteiger partial charge in [-0.3, -0.25) is 4.79 Å². The first-order valence-corrected chi connectivity index (χ1v) is 5.46. The van der Waals surface area contributed by atoms with E-state index < -0.39 is 0 Å². The number of carbonyl (C=O) groups excluding carboxylic acids is 1. The third-order valence-corrected chi connectivity index (χ3v) is 2.42. The van der Waals surface area contributed by atoms with Gasteiger partial charge in [0.15, 0.2) is 5.78 Å². The fourth-order valence-corrected chi connectivity index (χ4v) is 1.70. The first-order valence-electron chi connectivity index (χ1n) is 5.46. The van der Waals surface area contributed by atoms with Crippen molar-refractivity contribution in [1.82, 2.24) is 0 Å². The summed E-state index contributed by atoms with van der Waals surface area (Å²) in [5, 5.41) is 9.65. The molecule has 1 aromatic carbocycles. The molecule has 0 saturated carbocycles. The second-order valence-corrected chi connectivity index (χ2v) is 4.35. The van der Waals surface area contributed by atoms with Crippen LogP contribution in [-0.4, -0.2) is 10.9 Å². The minimum atomic E-state index is 0.0456. The summed E-state index contributed by atoms with van der Waals surface area (Å²) >= 11 is 0. The van der Waals surface area contributed by atoms with Crippen molar-refractivity contribution in [2.24, 2.45) is 0 Å². The van der Waals surface area contributed by atoms with Gasteiger partial charge in [0.1, 0.15) is 5.75 Å². The van der Waals surface area contributed by atoms with Crippen LogP contribution in [0.4, 0.5) is 0 Å². The maximum atomic E-state index is 11.6. The summed E-state index contributed by atoms with van der Waals surface area (Å²) < 4.78 is 0. The Morgan fingerprint density at radius 1 is 1.38 bits per heavy atom. The van der Waals surface area contributed by atoms with Crippen LogP contribution in [0.25, 0.3) is 0 Å². The molecule has 0 bridgehead atoms. The van der Waals surface area contributed by atoms with E-state index in [0.29, 0.717) is 6.42 Å². The monoisotopic (exact) mass is 218 g/mol. The Morgan fingerprint density at radius 2 is 2.00 bits per heavy atom. The predicted octanol–water partition coefficient (Wildman–Crippen LogP) is 3.42. The van der Waals surface area contributed by atoms with Crippen molar-refractivity contribution in [2.45, 2.75) is 33.1 Å². The Hall–Kier alpha value is -1.57. The number of ketones is 1. The first-order chi connectivity index (χ1) is 7.50. The number of hydrogen-bond donors (Lipinski definition) is 1. The van der Waals surface area contributed by atoms with E-state index in [0.717, 1.165) is 11.1 Å². The highest BCUT2D eigenvalue weighted by atomic mass is 16.3. The van der Waals surface area contributed by atoms with Gasteiger partial charge in [-0.1, -0.05) is 30.7 Å². The Morgan fingerprint density at radius 3 is 2.56 bits per heavy atom. The van der Waals surface area contributed by atoms with Crippen LogP contribution in [-0.2, 0) is 4.79 Å². The van der Waals surface area contributed by atoms with E-state index in [1.165, 1.54) is 0 Å². The number of phenolic OH excluding ortho intramolecular Hbond substituents is 1. The maximum Gasteiger partial charge on any atom is 0.156 e. The molecule has 2 nitrogen and oxygen atoms in total. The SMILES string of the molecule is CC(C)=CC(=O)C[C@@H](C)c1ccccc1O. The van der Waals surface area contributed by atoms with Crippen LogP contribution >= 0.6 is 0 Å². The molecule has 0 fully saturated rings. The van der Waals surface area contributed by atoms with E-state index in [1.807, 2.05) is 32.9 Å². The Bertz CT molecular complexity index is 401. The van der Waals surface area contributed by atoms with Crippen LogP contribution in [0.5, 0.6) is 5.75 Å². The number of carbonyl (C=O) groups is 1. The molecule has 0 aromatic heterocycles. The second kappa shape index (κ2) is 5.50. The standard InChI is InChI=1S/C14H18O2/c1-10(2)8-12(15)9-11(3)13-6-4-5-7-14(13)16/h4-8,11,16H,9H2,1-3H3/t11-/m1/s1. The Balaban J connectivity index is 2.73. The normalized spacial score (nSPS) is 11.9. The van der Waals surface area contributed by atoms with Crippen molar-refractivity contribution >= 4 is 5.78 Å². The van der Waals surface area contributed by atoms with Crippen molar-refractivity contribution in [3.63, 3.8) is 0 Å². The lowest BCUT2D eigenvalue weighted by molar-refractivity contribution is -0.114. The van der Waals surface area contributed by atoms with Crippen LogP contribution in [0, 0.1) is 0 Å². The minimum Gasteiger partial charge on any atom is -0.508 e. The van der Waals surface area contributed by atoms with Gasteiger partial charge in [-0.05, 0) is 37.5 Å². The zero-order valence-electron chi connectivity index (χ0n) is 10.0. The van der Waals surface area contributed by atoms with E-state index in [-0.39, 0.29) is 17.5 Å². The van der Waals surface area contributed by atoms with E-state index in [1.54, 1.807) is 18.2 Å². The topological polar surface area (TPSA) is 37.3 Å². The minimum absolute atomic E-state index is 0.0456. The molecule has 0 spiro atoms. The molecule has 0 amide bonds. The molecule has 1 rings (SSSR count). The highest BCUT2D eigenvalue weighted by Crippen LogP contribution is 2.27. The maximum absolute atomic E-state index is 11.6. The van der Waals surface area contributed by atoms with Crippen LogP contribution in [0.2, 0.25) is 0 Å². The molecule has 1 aromatic rings. The van der Waals surface area contributed by atoms with E-state index in [4.69, 9.17) is 0 Å². The third kappa shape index (κ3) is 3.54. The van der Waals surface area contributed by atoms with E-state index in [9.17, 15) is 9.90 Å². The smallest absolute Gasteiger partial charge is 0.156 e. The number of hydrogen-bond acceptors (Lipinski definition) is 2. The molecular formula is C14H18O2. The molecule has 1 N–H and O–H groups in total. The molecule has 0 aliphatic heterocycles. The zero-order chi connectivity index (χ0) is 12.1. The van der Waals surface area contributed by atoms with Gasteiger partial charge in [0, 0.05) is 6.42 Å². The van der Waals surface area contributed by atoms with Crippen molar-refractivity contribution in [2.75, 3.05) is 0 Å². The fourth-order valence-electron chi connectivity index (χ4n) is 1.70. The van der Waals surface area contributed by atoms with Crippen molar-refractivity contribution in [3.05, 3.63) is 41.5 Å². The zero-order valence-corrected chi connectivity index (χ0v) is 10.0. The number of allylic oxidation sites excluding steroid dienone is 2. The highest BCUT2D eigenvalue weighted by Gasteiger charge is 2.12. The van der Waals surface area contributed by atoms with Gasteiger partial charge < -0.3 is 5.11 Å². The van der Waals surface area contributed by atoms with Gasteiger partial charge in [0.25, 0.3) is 0 Å². The summed E-state index contributed by atoms with van der Waals surface area (Å²) in [6.07, 6.45) is 2.08. The first kappa shape index (κ1) is 12.5. The lowest BCUT2D eigenvalue weighted by Gasteiger charge is -2.11. The summed E-state index contributed by atoms with van der Waals surface area (Å²) in [4.78, 5) is 11.6. The van der Waals surface area contributed by atoms with Gasteiger partial charge >= 0.3 is 0 Å². The molecule has 0 saturated heterocycles. The van der Waals surface area contributed by atoms with Gasteiger partial charge in [-0.2, -0.15) is 0 Å². The van der Waals surface area contributed by atoms with Crippen molar-refractivity contribution in [1.29, 1.82) is 0 Å². The lowest BCUT2D eigenvalue weighted by atomic mass is 9.94. The number of benzene rings is 1. The lowest BCUT2D eigenvalue weighted by Crippen LogP contribution is -2.02.